The lowest BCUT2D eigenvalue weighted by atomic mass is 10.1. The van der Waals surface area contributed by atoms with Gasteiger partial charge in [-0.15, -0.1) is 0 Å². The summed E-state index contributed by atoms with van der Waals surface area (Å²) >= 11 is 5.88. The van der Waals surface area contributed by atoms with Crippen molar-refractivity contribution in [3.63, 3.8) is 0 Å². The number of carbonyl (C=O) groups is 3. The highest BCUT2D eigenvalue weighted by Gasteiger charge is 2.35. The highest BCUT2D eigenvalue weighted by molar-refractivity contribution is 6.30. The monoisotopic (exact) mass is 400 g/mol. The maximum absolute atomic E-state index is 12.6. The number of nitrogens with one attached hydrogen (secondary N) is 1. The number of nitrogens with zero attached hydrogens (tertiary/aromatic N) is 1. The minimum Gasteiger partial charge on any atom is -0.459 e. The molecule has 0 spiro atoms. The van der Waals surface area contributed by atoms with Crippen LogP contribution in [0.2, 0.25) is 5.02 Å². The lowest BCUT2D eigenvalue weighted by Gasteiger charge is -2.17. The number of amides is 2. The molecule has 3 rings (SSSR count). The van der Waals surface area contributed by atoms with Crippen molar-refractivity contribution in [2.24, 2.45) is 5.92 Å². The third kappa shape index (κ3) is 4.70. The minimum absolute atomic E-state index is 0.103. The Balaban J connectivity index is 1.61. The van der Waals surface area contributed by atoms with E-state index in [2.05, 4.69) is 5.32 Å². The summed E-state index contributed by atoms with van der Waals surface area (Å²) in [5.41, 5.74) is 1.69. The summed E-state index contributed by atoms with van der Waals surface area (Å²) in [6.45, 7) is 3.87. The van der Waals surface area contributed by atoms with E-state index < -0.39 is 11.9 Å². The fourth-order valence-corrected chi connectivity index (χ4v) is 3.10. The van der Waals surface area contributed by atoms with Crippen molar-refractivity contribution in [1.82, 2.24) is 0 Å². The standard InChI is InChI=1S/C21H21ClN2O4/c1-13(2)28-21(27)14-3-7-17(8-4-14)23-20(26)15-11-19(25)24(12-15)18-9-5-16(22)6-10-18/h3-10,13,15H,11-12H2,1-2H3,(H,23,26)/t15-/m1/s1. The first kappa shape index (κ1) is 19.9. The molecule has 0 saturated carbocycles. The van der Waals surface area contributed by atoms with Crippen LogP contribution in [0.15, 0.2) is 48.5 Å². The number of ether oxygens (including phenoxy) is 1. The summed E-state index contributed by atoms with van der Waals surface area (Å²) in [7, 11) is 0. The van der Waals surface area contributed by atoms with Gasteiger partial charge in [-0.05, 0) is 62.4 Å². The van der Waals surface area contributed by atoms with Gasteiger partial charge in [0, 0.05) is 29.4 Å². The Labute approximate surface area is 168 Å². The van der Waals surface area contributed by atoms with Crippen LogP contribution in [-0.2, 0) is 14.3 Å². The van der Waals surface area contributed by atoms with Crippen molar-refractivity contribution in [1.29, 1.82) is 0 Å². The molecule has 1 N–H and O–H groups in total. The molecule has 2 aromatic carbocycles. The molecule has 6 nitrogen and oxygen atoms in total. The Hall–Kier alpha value is -2.86. The molecule has 1 saturated heterocycles. The summed E-state index contributed by atoms with van der Waals surface area (Å²) in [4.78, 5) is 38.3. The second kappa shape index (κ2) is 8.44. The van der Waals surface area contributed by atoms with E-state index in [0.29, 0.717) is 22.8 Å². The third-order valence-electron chi connectivity index (χ3n) is 4.37. The topological polar surface area (TPSA) is 75.7 Å². The Kier molecular flexibility index (Phi) is 5.99. The van der Waals surface area contributed by atoms with Crippen LogP contribution in [0, 0.1) is 5.92 Å². The molecule has 1 aliphatic rings. The van der Waals surface area contributed by atoms with Crippen LogP contribution < -0.4 is 10.2 Å². The fourth-order valence-electron chi connectivity index (χ4n) is 2.97. The SMILES string of the molecule is CC(C)OC(=O)c1ccc(NC(=O)[C@@H]2CC(=O)N(c3ccc(Cl)cc3)C2)cc1. The Morgan fingerprint density at radius 1 is 1.11 bits per heavy atom. The number of halogens is 1. The molecular weight excluding hydrogens is 380 g/mol. The van der Waals surface area contributed by atoms with Gasteiger partial charge in [-0.1, -0.05) is 11.6 Å². The smallest absolute Gasteiger partial charge is 0.338 e. The van der Waals surface area contributed by atoms with E-state index in [0.717, 1.165) is 5.69 Å². The van der Waals surface area contributed by atoms with Gasteiger partial charge in [-0.3, -0.25) is 9.59 Å². The van der Waals surface area contributed by atoms with Crippen LogP contribution in [0.3, 0.4) is 0 Å². The molecule has 0 radical (unpaired) electrons. The van der Waals surface area contributed by atoms with Gasteiger partial charge in [0.1, 0.15) is 0 Å². The predicted molar refractivity (Wildman–Crippen MR) is 108 cm³/mol. The maximum Gasteiger partial charge on any atom is 0.338 e. The van der Waals surface area contributed by atoms with E-state index in [1.807, 2.05) is 0 Å². The number of benzene rings is 2. The van der Waals surface area contributed by atoms with E-state index in [-0.39, 0.29) is 24.3 Å². The Bertz CT molecular complexity index is 878. The van der Waals surface area contributed by atoms with Crippen LogP contribution in [0.4, 0.5) is 11.4 Å². The van der Waals surface area contributed by atoms with Crippen molar-refractivity contribution in [3.8, 4) is 0 Å². The second-order valence-electron chi connectivity index (χ2n) is 6.90. The van der Waals surface area contributed by atoms with E-state index in [1.165, 1.54) is 0 Å². The summed E-state index contributed by atoms with van der Waals surface area (Å²) < 4.78 is 5.13. The number of hydrogen-bond acceptors (Lipinski definition) is 4. The quantitative estimate of drug-likeness (QED) is 0.772. The van der Waals surface area contributed by atoms with E-state index in [9.17, 15) is 14.4 Å². The van der Waals surface area contributed by atoms with Gasteiger partial charge in [0.05, 0.1) is 17.6 Å². The molecule has 2 aromatic rings. The number of rotatable bonds is 5. The Morgan fingerprint density at radius 2 is 1.75 bits per heavy atom. The molecule has 28 heavy (non-hydrogen) atoms. The highest BCUT2D eigenvalue weighted by atomic mass is 35.5. The molecule has 1 fully saturated rings. The maximum atomic E-state index is 12.6. The summed E-state index contributed by atoms with van der Waals surface area (Å²) in [6, 6.07) is 13.4. The van der Waals surface area contributed by atoms with Crippen LogP contribution in [-0.4, -0.2) is 30.4 Å². The van der Waals surface area contributed by atoms with Gasteiger partial charge in [0.25, 0.3) is 0 Å². The van der Waals surface area contributed by atoms with Crippen LogP contribution >= 0.6 is 11.6 Å². The Morgan fingerprint density at radius 3 is 2.36 bits per heavy atom. The van der Waals surface area contributed by atoms with Gasteiger partial charge in [0.2, 0.25) is 11.8 Å². The van der Waals surface area contributed by atoms with Gasteiger partial charge in [-0.25, -0.2) is 4.79 Å². The predicted octanol–water partition coefficient (Wildman–Crippen LogP) is 3.90. The van der Waals surface area contributed by atoms with Crippen molar-refractivity contribution in [3.05, 3.63) is 59.1 Å². The van der Waals surface area contributed by atoms with Gasteiger partial charge in [0.15, 0.2) is 0 Å². The first-order valence-electron chi connectivity index (χ1n) is 9.01. The molecule has 0 aliphatic carbocycles. The first-order valence-corrected chi connectivity index (χ1v) is 9.39. The molecule has 0 unspecified atom stereocenters. The molecule has 1 heterocycles. The average molecular weight is 401 g/mol. The molecule has 146 valence electrons. The summed E-state index contributed by atoms with van der Waals surface area (Å²) in [5, 5.41) is 3.39. The van der Waals surface area contributed by atoms with Crippen molar-refractivity contribution in [2.45, 2.75) is 26.4 Å². The fraction of sp³-hybridized carbons (Fsp3) is 0.286. The molecule has 1 aliphatic heterocycles. The molecule has 1 atom stereocenters. The van der Waals surface area contributed by atoms with Crippen LogP contribution in [0.5, 0.6) is 0 Å². The molecule has 0 bridgehead atoms. The van der Waals surface area contributed by atoms with Crippen molar-refractivity contribution in [2.75, 3.05) is 16.8 Å². The van der Waals surface area contributed by atoms with E-state index >= 15 is 0 Å². The number of hydrogen-bond donors (Lipinski definition) is 1. The normalized spacial score (nSPS) is 16.4. The molecule has 7 heteroatoms. The lowest BCUT2D eigenvalue weighted by molar-refractivity contribution is -0.122. The zero-order valence-corrected chi connectivity index (χ0v) is 16.4. The van der Waals surface area contributed by atoms with E-state index in [1.54, 1.807) is 67.3 Å². The van der Waals surface area contributed by atoms with Crippen molar-refractivity contribution >= 4 is 40.8 Å². The van der Waals surface area contributed by atoms with Crippen molar-refractivity contribution < 1.29 is 19.1 Å². The third-order valence-corrected chi connectivity index (χ3v) is 4.62. The number of carbonyl (C=O) groups excluding carboxylic acids is 3. The van der Waals surface area contributed by atoms with Gasteiger partial charge >= 0.3 is 5.97 Å². The number of esters is 1. The van der Waals surface area contributed by atoms with Crippen LogP contribution in [0.25, 0.3) is 0 Å². The zero-order valence-electron chi connectivity index (χ0n) is 15.6. The zero-order chi connectivity index (χ0) is 20.3. The minimum atomic E-state index is -0.450. The van der Waals surface area contributed by atoms with Crippen LogP contribution in [0.1, 0.15) is 30.6 Å². The first-order chi connectivity index (χ1) is 13.3. The lowest BCUT2D eigenvalue weighted by Crippen LogP contribution is -2.28. The molecule has 2 amide bonds. The second-order valence-corrected chi connectivity index (χ2v) is 7.34. The van der Waals surface area contributed by atoms with Gasteiger partial charge in [-0.2, -0.15) is 0 Å². The molecule has 0 aromatic heterocycles. The summed E-state index contributed by atoms with van der Waals surface area (Å²) in [5.74, 6) is -1.20. The largest absolute Gasteiger partial charge is 0.459 e. The number of anilines is 2. The average Bonchev–Trinajstić information content (AvgIpc) is 3.04. The molecular formula is C21H21ClN2O4. The highest BCUT2D eigenvalue weighted by Crippen LogP contribution is 2.27. The van der Waals surface area contributed by atoms with Gasteiger partial charge < -0.3 is 15.0 Å². The summed E-state index contributed by atoms with van der Waals surface area (Å²) in [6.07, 6.45) is -0.0526. The van der Waals surface area contributed by atoms with E-state index in [4.69, 9.17) is 16.3 Å².